The molecule has 0 saturated heterocycles. The minimum Gasteiger partial charge on any atom is -0.382 e. The van der Waals surface area contributed by atoms with Crippen LogP contribution >= 0.6 is 0 Å². The first kappa shape index (κ1) is 11.2. The molecule has 1 heterocycles. The molecular formula is C13H21N3. The summed E-state index contributed by atoms with van der Waals surface area (Å²) in [5.74, 6) is 2.32. The second kappa shape index (κ2) is 5.19. The molecule has 0 amide bonds. The van der Waals surface area contributed by atoms with Gasteiger partial charge in [0.2, 0.25) is 0 Å². The number of hydrogen-bond acceptors (Lipinski definition) is 3. The number of nitrogen functional groups attached to an aromatic ring is 1. The molecule has 1 saturated carbocycles. The highest BCUT2D eigenvalue weighted by Gasteiger charge is 2.17. The van der Waals surface area contributed by atoms with Crippen molar-refractivity contribution in [3.63, 3.8) is 0 Å². The van der Waals surface area contributed by atoms with Crippen molar-refractivity contribution in [3.05, 3.63) is 18.3 Å². The number of nitrogens with zero attached hydrogens (tertiary/aromatic N) is 1. The number of nitrogens with one attached hydrogen (secondary N) is 1. The molecule has 0 atom stereocenters. The van der Waals surface area contributed by atoms with E-state index in [0.717, 1.165) is 24.1 Å². The van der Waals surface area contributed by atoms with Gasteiger partial charge < -0.3 is 11.1 Å². The maximum atomic E-state index is 5.78. The Morgan fingerprint density at radius 2 is 2.12 bits per heavy atom. The average molecular weight is 219 g/mol. The molecule has 0 bridgehead atoms. The third-order valence-electron chi connectivity index (χ3n) is 3.56. The molecule has 1 fully saturated rings. The summed E-state index contributed by atoms with van der Waals surface area (Å²) in [5.41, 5.74) is 6.76. The number of pyridine rings is 1. The first-order chi connectivity index (χ1) is 7.75. The van der Waals surface area contributed by atoms with Crippen LogP contribution in [0.5, 0.6) is 0 Å². The standard InChI is InChI=1S/C13H21N3/c1-10-4-6-11(7-5-10)9-16-12-3-2-8-15-13(12)14/h2-3,8,10-11,16H,4-7,9H2,1H3,(H2,14,15). The molecule has 0 radical (unpaired) electrons. The zero-order chi connectivity index (χ0) is 11.4. The average Bonchev–Trinajstić information content (AvgIpc) is 2.30. The predicted octanol–water partition coefficient (Wildman–Crippen LogP) is 2.90. The van der Waals surface area contributed by atoms with Gasteiger partial charge in [-0.3, -0.25) is 0 Å². The molecular weight excluding hydrogens is 198 g/mol. The van der Waals surface area contributed by atoms with E-state index >= 15 is 0 Å². The number of aromatic nitrogens is 1. The van der Waals surface area contributed by atoms with Crippen LogP contribution in [0.25, 0.3) is 0 Å². The van der Waals surface area contributed by atoms with Crippen molar-refractivity contribution in [3.8, 4) is 0 Å². The van der Waals surface area contributed by atoms with E-state index in [1.165, 1.54) is 25.7 Å². The van der Waals surface area contributed by atoms with Gasteiger partial charge in [-0.25, -0.2) is 4.98 Å². The molecule has 3 N–H and O–H groups in total. The van der Waals surface area contributed by atoms with Gasteiger partial charge in [0.15, 0.2) is 0 Å². The van der Waals surface area contributed by atoms with Crippen molar-refractivity contribution in [1.29, 1.82) is 0 Å². The lowest BCUT2D eigenvalue weighted by Gasteiger charge is -2.26. The van der Waals surface area contributed by atoms with Gasteiger partial charge in [0.25, 0.3) is 0 Å². The van der Waals surface area contributed by atoms with Crippen molar-refractivity contribution in [1.82, 2.24) is 4.98 Å². The van der Waals surface area contributed by atoms with Crippen molar-refractivity contribution >= 4 is 11.5 Å². The molecule has 2 rings (SSSR count). The fraction of sp³-hybridized carbons (Fsp3) is 0.615. The second-order valence-corrected chi connectivity index (χ2v) is 4.94. The molecule has 0 aromatic carbocycles. The van der Waals surface area contributed by atoms with E-state index in [2.05, 4.69) is 17.2 Å². The number of rotatable bonds is 3. The summed E-state index contributed by atoms with van der Waals surface area (Å²) in [5, 5.41) is 3.41. The van der Waals surface area contributed by atoms with Gasteiger partial charge >= 0.3 is 0 Å². The third-order valence-corrected chi connectivity index (χ3v) is 3.56. The number of nitrogens with two attached hydrogens (primary N) is 1. The van der Waals surface area contributed by atoms with E-state index in [4.69, 9.17) is 5.73 Å². The van der Waals surface area contributed by atoms with Gasteiger partial charge in [-0.1, -0.05) is 19.8 Å². The minimum atomic E-state index is 0.603. The molecule has 1 aromatic rings. The molecule has 1 aromatic heterocycles. The van der Waals surface area contributed by atoms with Crippen molar-refractivity contribution in [2.45, 2.75) is 32.6 Å². The van der Waals surface area contributed by atoms with Crippen molar-refractivity contribution in [2.24, 2.45) is 11.8 Å². The van der Waals surface area contributed by atoms with Crippen LogP contribution in [0.15, 0.2) is 18.3 Å². The second-order valence-electron chi connectivity index (χ2n) is 4.94. The maximum absolute atomic E-state index is 5.78. The van der Waals surface area contributed by atoms with Gasteiger partial charge in [0.1, 0.15) is 5.82 Å². The van der Waals surface area contributed by atoms with Crippen LogP contribution in [0.1, 0.15) is 32.6 Å². The van der Waals surface area contributed by atoms with Gasteiger partial charge in [-0.15, -0.1) is 0 Å². The van der Waals surface area contributed by atoms with Gasteiger partial charge in [0.05, 0.1) is 5.69 Å². The molecule has 3 nitrogen and oxygen atoms in total. The monoisotopic (exact) mass is 219 g/mol. The lowest BCUT2D eigenvalue weighted by atomic mass is 9.83. The zero-order valence-electron chi connectivity index (χ0n) is 9.95. The van der Waals surface area contributed by atoms with Gasteiger partial charge in [-0.2, -0.15) is 0 Å². The maximum Gasteiger partial charge on any atom is 0.146 e. The summed E-state index contributed by atoms with van der Waals surface area (Å²) >= 11 is 0. The van der Waals surface area contributed by atoms with Crippen LogP contribution in [0, 0.1) is 11.8 Å². The summed E-state index contributed by atoms with van der Waals surface area (Å²) in [6.07, 6.45) is 7.15. The van der Waals surface area contributed by atoms with Crippen LogP contribution in [0.4, 0.5) is 11.5 Å². The predicted molar refractivity (Wildman–Crippen MR) is 68.3 cm³/mol. The summed E-state index contributed by atoms with van der Waals surface area (Å²) < 4.78 is 0. The number of hydrogen-bond donors (Lipinski definition) is 2. The highest BCUT2D eigenvalue weighted by molar-refractivity contribution is 5.60. The quantitative estimate of drug-likeness (QED) is 0.821. The van der Waals surface area contributed by atoms with E-state index in [1.807, 2.05) is 12.1 Å². The molecule has 0 aliphatic heterocycles. The SMILES string of the molecule is CC1CCC(CNc2cccnc2N)CC1. The molecule has 88 valence electrons. The van der Waals surface area contributed by atoms with E-state index in [0.29, 0.717) is 5.82 Å². The molecule has 0 spiro atoms. The first-order valence-corrected chi connectivity index (χ1v) is 6.20. The number of anilines is 2. The molecule has 16 heavy (non-hydrogen) atoms. The third kappa shape index (κ3) is 2.87. The Bertz CT molecular complexity index is 330. The van der Waals surface area contributed by atoms with Crippen LogP contribution in [0.2, 0.25) is 0 Å². The summed E-state index contributed by atoms with van der Waals surface area (Å²) in [7, 11) is 0. The Morgan fingerprint density at radius 3 is 2.81 bits per heavy atom. The Labute approximate surface area is 97.5 Å². The van der Waals surface area contributed by atoms with Gasteiger partial charge in [-0.05, 0) is 36.8 Å². The molecule has 1 aliphatic rings. The summed E-state index contributed by atoms with van der Waals surface area (Å²) in [6.45, 7) is 3.38. The Morgan fingerprint density at radius 1 is 1.38 bits per heavy atom. The van der Waals surface area contributed by atoms with E-state index in [9.17, 15) is 0 Å². The summed E-state index contributed by atoms with van der Waals surface area (Å²) in [4.78, 5) is 4.07. The molecule has 1 aliphatic carbocycles. The van der Waals surface area contributed by atoms with E-state index < -0.39 is 0 Å². The van der Waals surface area contributed by atoms with E-state index in [1.54, 1.807) is 6.20 Å². The van der Waals surface area contributed by atoms with Crippen molar-refractivity contribution < 1.29 is 0 Å². The smallest absolute Gasteiger partial charge is 0.146 e. The Kier molecular flexibility index (Phi) is 3.65. The lowest BCUT2D eigenvalue weighted by molar-refractivity contribution is 0.300. The van der Waals surface area contributed by atoms with E-state index in [-0.39, 0.29) is 0 Å². The highest BCUT2D eigenvalue weighted by atomic mass is 14.9. The summed E-state index contributed by atoms with van der Waals surface area (Å²) in [6, 6.07) is 3.91. The molecule has 3 heteroatoms. The molecule has 0 unspecified atom stereocenters. The lowest BCUT2D eigenvalue weighted by Crippen LogP contribution is -2.20. The van der Waals surface area contributed by atoms with Crippen LogP contribution < -0.4 is 11.1 Å². The normalized spacial score (nSPS) is 25.3. The fourth-order valence-corrected chi connectivity index (χ4v) is 2.35. The van der Waals surface area contributed by atoms with Gasteiger partial charge in [0, 0.05) is 12.7 Å². The van der Waals surface area contributed by atoms with Crippen LogP contribution in [-0.4, -0.2) is 11.5 Å². The fourth-order valence-electron chi connectivity index (χ4n) is 2.35. The first-order valence-electron chi connectivity index (χ1n) is 6.20. The Hall–Kier alpha value is -1.25. The van der Waals surface area contributed by atoms with Crippen LogP contribution in [0.3, 0.4) is 0 Å². The van der Waals surface area contributed by atoms with Crippen molar-refractivity contribution in [2.75, 3.05) is 17.6 Å². The zero-order valence-corrected chi connectivity index (χ0v) is 9.95. The Balaban J connectivity index is 1.81. The highest BCUT2D eigenvalue weighted by Crippen LogP contribution is 2.28. The largest absolute Gasteiger partial charge is 0.382 e. The minimum absolute atomic E-state index is 0.603. The topological polar surface area (TPSA) is 50.9 Å². The van der Waals surface area contributed by atoms with Crippen LogP contribution in [-0.2, 0) is 0 Å².